The molecule has 0 saturated carbocycles. The first-order valence-corrected chi connectivity index (χ1v) is 6.32. The molecule has 0 bridgehead atoms. The highest BCUT2D eigenvalue weighted by molar-refractivity contribution is 9.09. The molecule has 0 nitrogen and oxygen atoms in total. The van der Waals surface area contributed by atoms with E-state index in [-0.39, 0.29) is 0 Å². The van der Waals surface area contributed by atoms with E-state index in [4.69, 9.17) is 0 Å². The lowest BCUT2D eigenvalue weighted by Crippen LogP contribution is -1.98. The van der Waals surface area contributed by atoms with Crippen molar-refractivity contribution in [3.63, 3.8) is 0 Å². The van der Waals surface area contributed by atoms with Crippen molar-refractivity contribution in [1.29, 1.82) is 0 Å². The monoisotopic (exact) mass is 272 g/mol. The number of rotatable bonds is 2. The minimum Gasteiger partial charge on any atom is -0.153 e. The van der Waals surface area contributed by atoms with Crippen LogP contribution in [0.25, 0.3) is 0 Å². The van der Waals surface area contributed by atoms with Gasteiger partial charge < -0.3 is 0 Å². The summed E-state index contributed by atoms with van der Waals surface area (Å²) in [5, 5.41) is 4.10. The number of halogens is 2. The van der Waals surface area contributed by atoms with Gasteiger partial charge in [-0.05, 0) is 12.8 Å². The van der Waals surface area contributed by atoms with Crippen molar-refractivity contribution in [2.24, 2.45) is 0 Å². The molecule has 0 spiro atoms. The number of hydrogen-bond acceptors (Lipinski definition) is 1. The van der Waals surface area contributed by atoms with Gasteiger partial charge in [0.1, 0.15) is 0 Å². The summed E-state index contributed by atoms with van der Waals surface area (Å²) in [4.78, 5) is 0. The van der Waals surface area contributed by atoms with E-state index >= 15 is 0 Å². The second-order valence-electron chi connectivity index (χ2n) is 2.27. The third-order valence-corrected chi connectivity index (χ3v) is 5.53. The molecule has 1 fully saturated rings. The zero-order chi connectivity index (χ0) is 6.69. The van der Waals surface area contributed by atoms with Crippen LogP contribution in [0, 0.1) is 0 Å². The second-order valence-corrected chi connectivity index (χ2v) is 5.17. The van der Waals surface area contributed by atoms with Crippen molar-refractivity contribution in [2.45, 2.75) is 23.3 Å². The molecule has 1 saturated heterocycles. The van der Waals surface area contributed by atoms with E-state index in [1.54, 1.807) is 0 Å². The molecular weight excluding hydrogens is 264 g/mol. The maximum atomic E-state index is 3.50. The van der Waals surface area contributed by atoms with Gasteiger partial charge >= 0.3 is 0 Å². The van der Waals surface area contributed by atoms with Crippen molar-refractivity contribution in [3.8, 4) is 0 Å². The Morgan fingerprint density at radius 3 is 1.78 bits per heavy atom. The summed E-state index contributed by atoms with van der Waals surface area (Å²) in [6.07, 6.45) is 2.79. The Morgan fingerprint density at radius 2 is 1.56 bits per heavy atom. The maximum Gasteiger partial charge on any atom is 0.0151 e. The summed E-state index contributed by atoms with van der Waals surface area (Å²) in [5.74, 6) is 0. The van der Waals surface area contributed by atoms with E-state index in [1.165, 1.54) is 23.5 Å². The lowest BCUT2D eigenvalue weighted by atomic mass is 10.2. The van der Waals surface area contributed by atoms with Gasteiger partial charge in [0.15, 0.2) is 0 Å². The molecule has 1 heterocycles. The molecule has 9 heavy (non-hydrogen) atoms. The Bertz CT molecular complexity index is 77.1. The molecule has 2 atom stereocenters. The number of hydrogen-bond donors (Lipinski definition) is 0. The first-order valence-electron chi connectivity index (χ1n) is 3.14. The summed E-state index contributed by atoms with van der Waals surface area (Å²) in [5.41, 5.74) is 0. The summed E-state index contributed by atoms with van der Waals surface area (Å²) < 4.78 is 0. The zero-order valence-corrected chi connectivity index (χ0v) is 9.14. The molecule has 3 heteroatoms. The summed E-state index contributed by atoms with van der Waals surface area (Å²) >= 11 is 9.11. The predicted octanol–water partition coefficient (Wildman–Crippen LogP) is 3.04. The highest BCUT2D eigenvalue weighted by Gasteiger charge is 2.22. The Balaban J connectivity index is 2.20. The normalized spacial score (nSPS) is 35.3. The standard InChI is InChI=1S/C6H10Br2S/c7-3-5-1-2-6(4-8)9-5/h5-6H,1-4H2. The fourth-order valence-electron chi connectivity index (χ4n) is 1.01. The van der Waals surface area contributed by atoms with E-state index in [0.29, 0.717) is 0 Å². The van der Waals surface area contributed by atoms with Crippen LogP contribution in [0.1, 0.15) is 12.8 Å². The molecule has 1 aliphatic rings. The van der Waals surface area contributed by atoms with Crippen LogP contribution in [-0.4, -0.2) is 21.2 Å². The van der Waals surface area contributed by atoms with E-state index in [2.05, 4.69) is 43.6 Å². The van der Waals surface area contributed by atoms with Crippen LogP contribution in [0.15, 0.2) is 0 Å². The number of thioether (sulfide) groups is 1. The van der Waals surface area contributed by atoms with Crippen LogP contribution in [0.4, 0.5) is 0 Å². The second kappa shape index (κ2) is 4.24. The lowest BCUT2D eigenvalue weighted by Gasteiger charge is -2.03. The average molecular weight is 274 g/mol. The fraction of sp³-hybridized carbons (Fsp3) is 1.00. The van der Waals surface area contributed by atoms with Crippen LogP contribution in [0.2, 0.25) is 0 Å². The molecule has 0 N–H and O–H groups in total. The summed E-state index contributed by atoms with van der Waals surface area (Å²) in [6, 6.07) is 0. The summed E-state index contributed by atoms with van der Waals surface area (Å²) in [7, 11) is 0. The maximum absolute atomic E-state index is 3.50. The SMILES string of the molecule is BrCC1CCC(CBr)S1. The molecule has 1 rings (SSSR count). The van der Waals surface area contributed by atoms with Crippen molar-refractivity contribution >= 4 is 43.6 Å². The van der Waals surface area contributed by atoms with Crippen LogP contribution in [0.5, 0.6) is 0 Å². The molecular formula is C6H10Br2S. The molecule has 2 unspecified atom stereocenters. The van der Waals surface area contributed by atoms with Gasteiger partial charge in [-0.25, -0.2) is 0 Å². The van der Waals surface area contributed by atoms with E-state index in [1.807, 2.05) is 0 Å². The molecule has 0 amide bonds. The molecule has 0 radical (unpaired) electrons. The molecule has 0 aromatic heterocycles. The van der Waals surface area contributed by atoms with Crippen LogP contribution in [0.3, 0.4) is 0 Å². The van der Waals surface area contributed by atoms with Crippen LogP contribution in [-0.2, 0) is 0 Å². The van der Waals surface area contributed by atoms with E-state index in [9.17, 15) is 0 Å². The van der Waals surface area contributed by atoms with Gasteiger partial charge in [0.25, 0.3) is 0 Å². The predicted molar refractivity (Wildman–Crippen MR) is 52.0 cm³/mol. The summed E-state index contributed by atoms with van der Waals surface area (Å²) in [6.45, 7) is 0. The Hall–Kier alpha value is 1.31. The first-order chi connectivity index (χ1) is 4.36. The Morgan fingerprint density at radius 1 is 1.11 bits per heavy atom. The van der Waals surface area contributed by atoms with Gasteiger partial charge in [0.05, 0.1) is 0 Å². The van der Waals surface area contributed by atoms with Crippen molar-refractivity contribution in [2.75, 3.05) is 10.7 Å². The smallest absolute Gasteiger partial charge is 0.0151 e. The van der Waals surface area contributed by atoms with Crippen LogP contribution < -0.4 is 0 Å². The van der Waals surface area contributed by atoms with Crippen LogP contribution >= 0.6 is 43.6 Å². The van der Waals surface area contributed by atoms with E-state index in [0.717, 1.165) is 10.5 Å². The zero-order valence-electron chi connectivity index (χ0n) is 5.15. The highest BCUT2D eigenvalue weighted by atomic mass is 79.9. The van der Waals surface area contributed by atoms with Crippen molar-refractivity contribution in [1.82, 2.24) is 0 Å². The molecule has 0 aliphatic carbocycles. The topological polar surface area (TPSA) is 0 Å². The molecule has 0 aromatic carbocycles. The van der Waals surface area contributed by atoms with Gasteiger partial charge in [-0.3, -0.25) is 0 Å². The molecule has 1 aliphatic heterocycles. The molecule has 54 valence electrons. The fourth-order valence-corrected chi connectivity index (χ4v) is 3.80. The average Bonchev–Trinajstić information content (AvgIpc) is 2.34. The van der Waals surface area contributed by atoms with Gasteiger partial charge in [0.2, 0.25) is 0 Å². The van der Waals surface area contributed by atoms with Crippen molar-refractivity contribution in [3.05, 3.63) is 0 Å². The molecule has 0 aromatic rings. The minimum absolute atomic E-state index is 0.882. The largest absolute Gasteiger partial charge is 0.153 e. The Kier molecular flexibility index (Phi) is 3.96. The van der Waals surface area contributed by atoms with Gasteiger partial charge in [-0.15, -0.1) is 0 Å². The van der Waals surface area contributed by atoms with Gasteiger partial charge in [-0.2, -0.15) is 11.8 Å². The van der Waals surface area contributed by atoms with E-state index < -0.39 is 0 Å². The quantitative estimate of drug-likeness (QED) is 0.697. The first kappa shape index (κ1) is 8.41. The van der Waals surface area contributed by atoms with Gasteiger partial charge in [-0.1, -0.05) is 31.9 Å². The highest BCUT2D eigenvalue weighted by Crippen LogP contribution is 2.35. The lowest BCUT2D eigenvalue weighted by molar-refractivity contribution is 0.789. The third kappa shape index (κ3) is 2.43. The third-order valence-electron chi connectivity index (χ3n) is 1.54. The number of alkyl halides is 2. The van der Waals surface area contributed by atoms with Gasteiger partial charge in [0, 0.05) is 21.2 Å². The van der Waals surface area contributed by atoms with Crippen molar-refractivity contribution < 1.29 is 0 Å². The minimum atomic E-state index is 0.882. The Labute approximate surface area is 77.4 Å².